The third-order valence-corrected chi connectivity index (χ3v) is 3.30. The Morgan fingerprint density at radius 1 is 1.45 bits per heavy atom. The molecule has 0 unspecified atom stereocenters. The fourth-order valence-electron chi connectivity index (χ4n) is 1.99. The second-order valence-corrected chi connectivity index (χ2v) is 5.58. The molecule has 0 aliphatic heterocycles. The van der Waals surface area contributed by atoms with E-state index in [2.05, 4.69) is 20.7 Å². The Balaban J connectivity index is 1.90. The molecular weight excluding hydrogens is 304 g/mol. The Bertz CT molecular complexity index is 628. The van der Waals surface area contributed by atoms with E-state index in [0.717, 1.165) is 5.69 Å². The van der Waals surface area contributed by atoms with Gasteiger partial charge in [0.15, 0.2) is 0 Å². The Hall–Kier alpha value is -2.28. The monoisotopic (exact) mass is 322 g/mol. The van der Waals surface area contributed by atoms with E-state index in [1.807, 2.05) is 38.1 Å². The number of aromatic nitrogens is 3. The zero-order chi connectivity index (χ0) is 16.1. The molecule has 2 amide bonds. The molecule has 1 atom stereocenters. The average Bonchev–Trinajstić information content (AvgIpc) is 2.90. The van der Waals surface area contributed by atoms with Crippen LogP contribution in [0.15, 0.2) is 30.9 Å². The normalized spacial score (nSPS) is 11.8. The van der Waals surface area contributed by atoms with Crippen LogP contribution in [0.1, 0.15) is 6.92 Å². The minimum atomic E-state index is -0.290. The number of amides is 2. The molecule has 0 aliphatic rings. The van der Waals surface area contributed by atoms with Gasteiger partial charge in [-0.3, -0.25) is 4.68 Å². The number of anilines is 2. The Morgan fingerprint density at radius 2 is 2.23 bits per heavy atom. The molecule has 0 bridgehead atoms. The summed E-state index contributed by atoms with van der Waals surface area (Å²) in [4.78, 5) is 17.7. The van der Waals surface area contributed by atoms with Gasteiger partial charge in [-0.15, -0.1) is 0 Å². The number of nitrogens with zero attached hydrogens (tertiary/aromatic N) is 4. The van der Waals surface area contributed by atoms with Crippen molar-refractivity contribution in [3.63, 3.8) is 0 Å². The van der Waals surface area contributed by atoms with Gasteiger partial charge in [-0.05, 0) is 25.1 Å². The first kappa shape index (κ1) is 16.1. The third kappa shape index (κ3) is 4.36. The molecule has 0 saturated heterocycles. The highest BCUT2D eigenvalue weighted by molar-refractivity contribution is 6.33. The summed E-state index contributed by atoms with van der Waals surface area (Å²) in [5.41, 5.74) is 1.54. The van der Waals surface area contributed by atoms with Gasteiger partial charge in [-0.2, -0.15) is 5.10 Å². The number of benzene rings is 1. The van der Waals surface area contributed by atoms with Gasteiger partial charge in [0.25, 0.3) is 0 Å². The average molecular weight is 323 g/mol. The first-order chi connectivity index (χ1) is 10.5. The number of nitrogens with one attached hydrogen (secondary N) is 2. The van der Waals surface area contributed by atoms with Crippen molar-refractivity contribution in [2.45, 2.75) is 19.5 Å². The van der Waals surface area contributed by atoms with Crippen molar-refractivity contribution in [3.8, 4) is 0 Å². The minimum absolute atomic E-state index is 0.0850. The summed E-state index contributed by atoms with van der Waals surface area (Å²) in [6.07, 6.45) is 3.07. The molecule has 2 rings (SSSR count). The second kappa shape index (κ2) is 7.13. The lowest BCUT2D eigenvalue weighted by Crippen LogP contribution is -2.38. The maximum Gasteiger partial charge on any atom is 0.319 e. The van der Waals surface area contributed by atoms with Gasteiger partial charge in [-0.25, -0.2) is 9.78 Å². The van der Waals surface area contributed by atoms with E-state index >= 15 is 0 Å². The van der Waals surface area contributed by atoms with Crippen LogP contribution in [0.4, 0.5) is 16.2 Å². The summed E-state index contributed by atoms with van der Waals surface area (Å²) < 4.78 is 1.66. The van der Waals surface area contributed by atoms with Crippen molar-refractivity contribution < 1.29 is 4.79 Å². The first-order valence-electron chi connectivity index (χ1n) is 6.82. The van der Waals surface area contributed by atoms with Gasteiger partial charge in [0.2, 0.25) is 0 Å². The van der Waals surface area contributed by atoms with Gasteiger partial charge in [0.05, 0.1) is 17.3 Å². The van der Waals surface area contributed by atoms with Crippen molar-refractivity contribution in [2.24, 2.45) is 0 Å². The molecule has 1 heterocycles. The van der Waals surface area contributed by atoms with Gasteiger partial charge >= 0.3 is 6.03 Å². The predicted molar refractivity (Wildman–Crippen MR) is 87.4 cm³/mol. The van der Waals surface area contributed by atoms with Crippen molar-refractivity contribution >= 4 is 29.0 Å². The lowest BCUT2D eigenvalue weighted by atomic mass is 10.2. The maximum absolute atomic E-state index is 12.0. The smallest absolute Gasteiger partial charge is 0.319 e. The molecule has 22 heavy (non-hydrogen) atoms. The highest BCUT2D eigenvalue weighted by Crippen LogP contribution is 2.27. The van der Waals surface area contributed by atoms with E-state index in [9.17, 15) is 4.79 Å². The molecule has 0 spiro atoms. The minimum Gasteiger partial charge on any atom is -0.376 e. The standard InChI is InChI=1S/C14H19ClN6O/c1-10(7-21-9-16-8-17-21)18-14(22)19-11-4-5-13(20(2)3)12(15)6-11/h4-6,8-10H,7H2,1-3H3,(H2,18,19,22)/t10-/m1/s1. The van der Waals surface area contributed by atoms with Crippen molar-refractivity contribution in [3.05, 3.63) is 35.9 Å². The third-order valence-electron chi connectivity index (χ3n) is 2.99. The SMILES string of the molecule is C[C@H](Cn1cncn1)NC(=O)Nc1ccc(N(C)C)c(Cl)c1. The molecule has 7 nitrogen and oxygen atoms in total. The van der Waals surface area contributed by atoms with Gasteiger partial charge < -0.3 is 15.5 Å². The summed E-state index contributed by atoms with van der Waals surface area (Å²) in [7, 11) is 3.82. The zero-order valence-electron chi connectivity index (χ0n) is 12.7. The molecule has 2 N–H and O–H groups in total. The van der Waals surface area contributed by atoms with Gasteiger partial charge in [0.1, 0.15) is 12.7 Å². The summed E-state index contributed by atoms with van der Waals surface area (Å²) in [6.45, 7) is 2.44. The lowest BCUT2D eigenvalue weighted by Gasteiger charge is -2.17. The fourth-order valence-corrected chi connectivity index (χ4v) is 2.34. The number of rotatable bonds is 5. The van der Waals surface area contributed by atoms with Crippen molar-refractivity contribution in [2.75, 3.05) is 24.3 Å². The van der Waals surface area contributed by atoms with Crippen LogP contribution in [-0.4, -0.2) is 40.9 Å². The Kier molecular flexibility index (Phi) is 5.21. The summed E-state index contributed by atoms with van der Waals surface area (Å²) >= 11 is 6.18. The predicted octanol–water partition coefficient (Wildman–Crippen LogP) is 2.21. The molecule has 0 fully saturated rings. The molecule has 0 saturated carbocycles. The van der Waals surface area contributed by atoms with E-state index in [1.165, 1.54) is 6.33 Å². The van der Waals surface area contributed by atoms with E-state index in [1.54, 1.807) is 17.1 Å². The molecule has 118 valence electrons. The maximum atomic E-state index is 12.0. The van der Waals surface area contributed by atoms with Crippen molar-refractivity contribution in [1.29, 1.82) is 0 Å². The van der Waals surface area contributed by atoms with Crippen molar-refractivity contribution in [1.82, 2.24) is 20.1 Å². The quantitative estimate of drug-likeness (QED) is 0.885. The van der Waals surface area contributed by atoms with Gasteiger partial charge in [0, 0.05) is 25.8 Å². The molecular formula is C14H19ClN6O. The highest BCUT2D eigenvalue weighted by Gasteiger charge is 2.10. The number of halogens is 1. The first-order valence-corrected chi connectivity index (χ1v) is 7.20. The Morgan fingerprint density at radius 3 is 2.82 bits per heavy atom. The molecule has 0 radical (unpaired) electrons. The van der Waals surface area contributed by atoms with E-state index in [4.69, 9.17) is 11.6 Å². The topological polar surface area (TPSA) is 75.1 Å². The van der Waals surface area contributed by atoms with E-state index in [-0.39, 0.29) is 12.1 Å². The Labute approximate surface area is 134 Å². The number of carbonyl (C=O) groups is 1. The number of carbonyl (C=O) groups excluding carboxylic acids is 1. The molecule has 1 aromatic heterocycles. The molecule has 0 aliphatic carbocycles. The summed E-state index contributed by atoms with van der Waals surface area (Å²) in [5.74, 6) is 0. The van der Waals surface area contributed by atoms with Crippen LogP contribution in [-0.2, 0) is 6.54 Å². The van der Waals surface area contributed by atoms with Gasteiger partial charge in [-0.1, -0.05) is 11.6 Å². The molecule has 8 heteroatoms. The zero-order valence-corrected chi connectivity index (χ0v) is 13.5. The molecule has 2 aromatic rings. The number of hydrogen-bond acceptors (Lipinski definition) is 4. The van der Waals surface area contributed by atoms with Crippen LogP contribution < -0.4 is 15.5 Å². The number of hydrogen-bond donors (Lipinski definition) is 2. The van der Waals surface area contributed by atoms with Crippen LogP contribution in [0.2, 0.25) is 5.02 Å². The summed E-state index contributed by atoms with van der Waals surface area (Å²) in [6, 6.07) is 5.01. The van der Waals surface area contributed by atoms with Crippen LogP contribution in [0.5, 0.6) is 0 Å². The number of urea groups is 1. The van der Waals surface area contributed by atoms with Crippen LogP contribution in [0, 0.1) is 0 Å². The second-order valence-electron chi connectivity index (χ2n) is 5.18. The summed E-state index contributed by atoms with van der Waals surface area (Å²) in [5, 5.41) is 10.2. The lowest BCUT2D eigenvalue weighted by molar-refractivity contribution is 0.247. The van der Waals surface area contributed by atoms with Crippen LogP contribution in [0.3, 0.4) is 0 Å². The largest absolute Gasteiger partial charge is 0.376 e. The van der Waals surface area contributed by atoms with E-state index < -0.39 is 0 Å². The highest BCUT2D eigenvalue weighted by atomic mass is 35.5. The van der Waals surface area contributed by atoms with Crippen LogP contribution >= 0.6 is 11.6 Å². The van der Waals surface area contributed by atoms with E-state index in [0.29, 0.717) is 17.3 Å². The fraction of sp³-hybridized carbons (Fsp3) is 0.357. The molecule has 1 aromatic carbocycles. The van der Waals surface area contributed by atoms with Crippen LogP contribution in [0.25, 0.3) is 0 Å².